The zero-order chi connectivity index (χ0) is 18.1. The maximum Gasteiger partial charge on any atom is 0.250 e. The molecule has 1 aromatic carbocycles. The molecule has 3 atom stereocenters. The minimum absolute atomic E-state index is 0.101. The van der Waals surface area contributed by atoms with Crippen molar-refractivity contribution >= 4 is 5.69 Å². The van der Waals surface area contributed by atoms with Gasteiger partial charge in [0.25, 0.3) is 5.56 Å². The normalized spacial score (nSPS) is 23.3. The van der Waals surface area contributed by atoms with E-state index >= 15 is 0 Å². The first-order valence-corrected chi connectivity index (χ1v) is 9.21. The van der Waals surface area contributed by atoms with Crippen molar-refractivity contribution in [1.29, 1.82) is 0 Å². The lowest BCUT2D eigenvalue weighted by Gasteiger charge is -2.43. The molecule has 0 spiro atoms. The van der Waals surface area contributed by atoms with Crippen LogP contribution in [0.2, 0.25) is 0 Å². The van der Waals surface area contributed by atoms with E-state index in [-0.39, 0.29) is 11.3 Å². The van der Waals surface area contributed by atoms with Gasteiger partial charge in [-0.25, -0.2) is 0 Å². The number of phenols is 1. The number of rotatable bonds is 5. The molecule has 4 rings (SSSR count). The van der Waals surface area contributed by atoms with E-state index in [1.165, 1.54) is 0 Å². The molecule has 6 heteroatoms. The summed E-state index contributed by atoms with van der Waals surface area (Å²) in [6.45, 7) is 3.68. The van der Waals surface area contributed by atoms with Gasteiger partial charge in [0, 0.05) is 56.1 Å². The predicted octanol–water partition coefficient (Wildman–Crippen LogP) is 1.45. The van der Waals surface area contributed by atoms with Crippen LogP contribution >= 0.6 is 0 Å². The lowest BCUT2D eigenvalue weighted by molar-refractivity contribution is 0.0676. The van der Waals surface area contributed by atoms with Crippen LogP contribution in [0.3, 0.4) is 0 Å². The molecule has 3 heterocycles. The van der Waals surface area contributed by atoms with Crippen LogP contribution < -0.4 is 10.9 Å². The molecule has 0 saturated carbocycles. The molecule has 0 unspecified atom stereocenters. The highest BCUT2D eigenvalue weighted by Crippen LogP contribution is 2.34. The summed E-state index contributed by atoms with van der Waals surface area (Å²) < 4.78 is 1.93. The van der Waals surface area contributed by atoms with E-state index in [1.807, 2.05) is 10.6 Å². The first-order chi connectivity index (χ1) is 12.6. The number of hydrogen-bond acceptors (Lipinski definition) is 5. The summed E-state index contributed by atoms with van der Waals surface area (Å²) in [4.78, 5) is 14.4. The van der Waals surface area contributed by atoms with Crippen LogP contribution in [0.5, 0.6) is 5.75 Å². The van der Waals surface area contributed by atoms with Crippen LogP contribution in [-0.4, -0.2) is 52.0 Å². The number of phenolic OH excluding ortho intramolecular Hbond substituents is 1. The van der Waals surface area contributed by atoms with Crippen molar-refractivity contribution in [1.82, 2.24) is 9.47 Å². The Labute approximate surface area is 152 Å². The number of anilines is 1. The Morgan fingerprint density at radius 2 is 1.92 bits per heavy atom. The molecule has 138 valence electrons. The van der Waals surface area contributed by atoms with Gasteiger partial charge < -0.3 is 20.1 Å². The lowest BCUT2D eigenvalue weighted by atomic mass is 9.83. The summed E-state index contributed by atoms with van der Waals surface area (Å²) in [7, 11) is 0. The average molecular weight is 355 g/mol. The monoisotopic (exact) mass is 355 g/mol. The van der Waals surface area contributed by atoms with Crippen LogP contribution in [0.15, 0.2) is 47.3 Å². The van der Waals surface area contributed by atoms with Gasteiger partial charge in [-0.05, 0) is 42.7 Å². The van der Waals surface area contributed by atoms with Crippen LogP contribution in [0.25, 0.3) is 0 Å². The van der Waals surface area contributed by atoms with Crippen LogP contribution in [0.1, 0.15) is 18.0 Å². The van der Waals surface area contributed by atoms with Gasteiger partial charge in [-0.3, -0.25) is 9.69 Å². The average Bonchev–Trinajstić information content (AvgIpc) is 2.62. The van der Waals surface area contributed by atoms with E-state index in [1.54, 1.807) is 30.3 Å². The van der Waals surface area contributed by atoms with Gasteiger partial charge in [0.1, 0.15) is 5.75 Å². The Morgan fingerprint density at radius 3 is 2.73 bits per heavy atom. The van der Waals surface area contributed by atoms with Gasteiger partial charge in [-0.1, -0.05) is 6.07 Å². The number of likely N-dealkylation sites (tertiary alicyclic amines) is 1. The minimum Gasteiger partial charge on any atom is -0.508 e. The Morgan fingerprint density at radius 1 is 1.12 bits per heavy atom. The van der Waals surface area contributed by atoms with E-state index in [0.29, 0.717) is 24.9 Å². The van der Waals surface area contributed by atoms with Crippen LogP contribution in [0.4, 0.5) is 5.69 Å². The van der Waals surface area contributed by atoms with Crippen LogP contribution in [0, 0.1) is 5.92 Å². The molecular formula is C20H25N3O3. The maximum atomic E-state index is 12.1. The zero-order valence-corrected chi connectivity index (χ0v) is 14.7. The Hall–Kier alpha value is -2.31. The molecule has 1 aromatic heterocycles. The van der Waals surface area contributed by atoms with Gasteiger partial charge in [-0.15, -0.1) is 0 Å². The van der Waals surface area contributed by atoms with Crippen molar-refractivity contribution in [2.75, 3.05) is 31.5 Å². The molecule has 1 saturated heterocycles. The largest absolute Gasteiger partial charge is 0.508 e. The molecule has 2 aliphatic heterocycles. The number of aliphatic hydroxyl groups is 1. The van der Waals surface area contributed by atoms with E-state index in [2.05, 4.69) is 16.3 Å². The predicted molar refractivity (Wildman–Crippen MR) is 101 cm³/mol. The Balaban J connectivity index is 1.35. The molecule has 6 nitrogen and oxygen atoms in total. The third-order valence-corrected chi connectivity index (χ3v) is 5.43. The number of pyridine rings is 1. The Kier molecular flexibility index (Phi) is 4.70. The number of aliphatic hydroxyl groups excluding tert-OH is 1. The molecule has 0 aliphatic carbocycles. The second-order valence-corrected chi connectivity index (χ2v) is 7.50. The summed E-state index contributed by atoms with van der Waals surface area (Å²) in [6.07, 6.45) is 0.655. The summed E-state index contributed by atoms with van der Waals surface area (Å²) in [5, 5.41) is 22.9. The van der Waals surface area contributed by atoms with Gasteiger partial charge >= 0.3 is 0 Å². The van der Waals surface area contributed by atoms with Crippen LogP contribution in [-0.2, 0) is 6.54 Å². The molecule has 0 radical (unpaired) electrons. The van der Waals surface area contributed by atoms with Gasteiger partial charge in [0.15, 0.2) is 0 Å². The fourth-order valence-electron chi connectivity index (χ4n) is 4.32. The molecule has 2 bridgehead atoms. The van der Waals surface area contributed by atoms with E-state index in [4.69, 9.17) is 0 Å². The SMILES string of the molecule is O=c1cccc2n1C[C@@H]1C[C@@H]2CN(C[C@H](O)CNc2ccc(O)cc2)C1. The second-order valence-electron chi connectivity index (χ2n) is 7.50. The summed E-state index contributed by atoms with van der Waals surface area (Å²) in [6, 6.07) is 12.4. The van der Waals surface area contributed by atoms with Crippen molar-refractivity contribution in [2.24, 2.45) is 5.92 Å². The highest BCUT2D eigenvalue weighted by molar-refractivity contribution is 5.45. The first kappa shape index (κ1) is 17.1. The second kappa shape index (κ2) is 7.13. The standard InChI is InChI=1S/C20H25N3O3/c24-17-6-4-16(5-7-17)21-9-18(25)13-22-10-14-8-15(12-22)19-2-1-3-20(26)23(19)11-14/h1-7,14-15,18,21,24-25H,8-13H2/t14-,15-,18-/m1/s1. The number of benzene rings is 1. The number of nitrogens with zero attached hydrogens (tertiary/aromatic N) is 2. The molecule has 2 aromatic rings. The van der Waals surface area contributed by atoms with E-state index < -0.39 is 6.10 Å². The molecule has 1 fully saturated rings. The third-order valence-electron chi connectivity index (χ3n) is 5.43. The lowest BCUT2D eigenvalue weighted by Crippen LogP contribution is -2.49. The number of aromatic hydroxyl groups is 1. The molecule has 26 heavy (non-hydrogen) atoms. The molecule has 3 N–H and O–H groups in total. The molecular weight excluding hydrogens is 330 g/mol. The highest BCUT2D eigenvalue weighted by atomic mass is 16.3. The number of nitrogens with one attached hydrogen (secondary N) is 1. The summed E-state index contributed by atoms with van der Waals surface area (Å²) in [5.41, 5.74) is 2.12. The summed E-state index contributed by atoms with van der Waals surface area (Å²) in [5.74, 6) is 1.07. The Bertz CT molecular complexity index is 818. The third kappa shape index (κ3) is 3.61. The summed E-state index contributed by atoms with van der Waals surface area (Å²) >= 11 is 0. The fourth-order valence-corrected chi connectivity index (χ4v) is 4.32. The zero-order valence-electron chi connectivity index (χ0n) is 14.7. The topological polar surface area (TPSA) is 77.7 Å². The van der Waals surface area contributed by atoms with Crippen molar-refractivity contribution in [3.8, 4) is 5.75 Å². The first-order valence-electron chi connectivity index (χ1n) is 9.21. The molecule has 0 amide bonds. The fraction of sp³-hybridized carbons (Fsp3) is 0.450. The van der Waals surface area contributed by atoms with E-state index in [0.717, 1.165) is 37.4 Å². The number of aromatic nitrogens is 1. The van der Waals surface area contributed by atoms with Crippen molar-refractivity contribution in [3.05, 3.63) is 58.5 Å². The van der Waals surface area contributed by atoms with Crippen molar-refractivity contribution < 1.29 is 10.2 Å². The molecule has 2 aliphatic rings. The van der Waals surface area contributed by atoms with Gasteiger partial charge in [0.2, 0.25) is 0 Å². The van der Waals surface area contributed by atoms with Crippen molar-refractivity contribution in [3.63, 3.8) is 0 Å². The van der Waals surface area contributed by atoms with Crippen molar-refractivity contribution in [2.45, 2.75) is 25.0 Å². The number of fused-ring (bicyclic) bond motifs is 4. The minimum atomic E-state index is -0.472. The van der Waals surface area contributed by atoms with Gasteiger partial charge in [0.05, 0.1) is 6.10 Å². The van der Waals surface area contributed by atoms with E-state index in [9.17, 15) is 15.0 Å². The number of piperidine rings is 1. The number of β-amino-alcohol motifs (C(OH)–C–C–N with tert-alkyl or cyclic N) is 1. The number of hydrogen-bond donors (Lipinski definition) is 3. The smallest absolute Gasteiger partial charge is 0.250 e. The quantitative estimate of drug-likeness (QED) is 0.708. The highest BCUT2D eigenvalue weighted by Gasteiger charge is 2.34. The maximum absolute atomic E-state index is 12.1. The van der Waals surface area contributed by atoms with Gasteiger partial charge in [-0.2, -0.15) is 0 Å².